The van der Waals surface area contributed by atoms with Gasteiger partial charge in [0.25, 0.3) is 5.91 Å². The third kappa shape index (κ3) is 6.52. The van der Waals surface area contributed by atoms with Gasteiger partial charge in [0.2, 0.25) is 0 Å². The lowest BCUT2D eigenvalue weighted by Gasteiger charge is -2.13. The minimum Gasteiger partial charge on any atom is -0.355 e. The third-order valence-electron chi connectivity index (χ3n) is 4.01. The average Bonchev–Trinajstić information content (AvgIpc) is 2.90. The van der Waals surface area contributed by atoms with Gasteiger partial charge in [0.1, 0.15) is 11.0 Å². The second kappa shape index (κ2) is 11.5. The van der Waals surface area contributed by atoms with Crippen molar-refractivity contribution < 1.29 is 9.18 Å². The van der Waals surface area contributed by atoms with Crippen molar-refractivity contribution in [2.75, 3.05) is 20.1 Å². The van der Waals surface area contributed by atoms with Gasteiger partial charge in [-0.15, -0.1) is 24.0 Å². The Morgan fingerprint density at radius 3 is 2.43 bits per heavy atom. The number of nitrogens with zero attached hydrogens (tertiary/aromatic N) is 2. The Morgan fingerprint density at radius 1 is 1.18 bits per heavy atom. The van der Waals surface area contributed by atoms with Crippen LogP contribution in [0.1, 0.15) is 21.6 Å². The predicted molar refractivity (Wildman–Crippen MR) is 123 cm³/mol. The molecule has 1 aromatic heterocycles. The molecule has 10 heteroatoms. The maximum absolute atomic E-state index is 13.5. The smallest absolute Gasteiger partial charge is 0.251 e. The number of benzene rings is 1. The van der Waals surface area contributed by atoms with Crippen molar-refractivity contribution in [3.63, 3.8) is 0 Å². The van der Waals surface area contributed by atoms with Crippen LogP contribution >= 0.6 is 47.2 Å². The van der Waals surface area contributed by atoms with Crippen LogP contribution in [-0.2, 0) is 13.6 Å². The van der Waals surface area contributed by atoms with Crippen LogP contribution in [0.4, 0.5) is 4.39 Å². The lowest BCUT2D eigenvalue weighted by molar-refractivity contribution is 0.0954. The fourth-order valence-corrected chi connectivity index (χ4v) is 2.76. The standard InChI is InChI=1S/C18H22Cl2FN5O.HI/c1-11-4-5-12(8-15(11)21)17(27)23-6-7-24-18(22-2)25-10-13-9-14(19)16(20)26(13)3;/h4-5,8-9H,6-7,10H2,1-3H3,(H,23,27)(H2,22,24,25);1H. The lowest BCUT2D eigenvalue weighted by Crippen LogP contribution is -2.41. The van der Waals surface area contributed by atoms with Crippen LogP contribution in [0.3, 0.4) is 0 Å². The quantitative estimate of drug-likeness (QED) is 0.227. The number of nitrogens with one attached hydrogen (secondary N) is 3. The number of guanidine groups is 1. The molecule has 28 heavy (non-hydrogen) atoms. The van der Waals surface area contributed by atoms with E-state index < -0.39 is 5.82 Å². The van der Waals surface area contributed by atoms with Crippen molar-refractivity contribution in [2.24, 2.45) is 12.0 Å². The summed E-state index contributed by atoms with van der Waals surface area (Å²) in [5.41, 5.74) is 1.70. The SMILES string of the molecule is CN=C(NCCNC(=O)c1ccc(C)c(F)c1)NCc1cc(Cl)c(Cl)n1C.I. The molecule has 2 rings (SSSR count). The zero-order valence-corrected chi connectivity index (χ0v) is 19.6. The van der Waals surface area contributed by atoms with E-state index in [1.165, 1.54) is 6.07 Å². The molecule has 0 radical (unpaired) electrons. The Morgan fingerprint density at radius 2 is 1.86 bits per heavy atom. The molecule has 0 atom stereocenters. The van der Waals surface area contributed by atoms with Crippen LogP contribution in [0.15, 0.2) is 29.3 Å². The van der Waals surface area contributed by atoms with Gasteiger partial charge in [0, 0.05) is 38.4 Å². The molecular weight excluding hydrogens is 519 g/mol. The van der Waals surface area contributed by atoms with Gasteiger partial charge >= 0.3 is 0 Å². The minimum atomic E-state index is -0.397. The number of halogens is 4. The van der Waals surface area contributed by atoms with Crippen LogP contribution in [0, 0.1) is 12.7 Å². The van der Waals surface area contributed by atoms with E-state index in [1.807, 2.05) is 7.05 Å². The molecule has 2 aromatic rings. The predicted octanol–water partition coefficient (Wildman–Crippen LogP) is 3.49. The Bertz CT molecular complexity index is 857. The van der Waals surface area contributed by atoms with E-state index in [0.29, 0.717) is 41.3 Å². The van der Waals surface area contributed by atoms with E-state index >= 15 is 0 Å². The number of hydrogen-bond donors (Lipinski definition) is 3. The second-order valence-electron chi connectivity index (χ2n) is 5.91. The fraction of sp³-hybridized carbons (Fsp3) is 0.333. The van der Waals surface area contributed by atoms with Gasteiger partial charge in [-0.3, -0.25) is 9.79 Å². The van der Waals surface area contributed by atoms with Crippen LogP contribution in [0.5, 0.6) is 0 Å². The van der Waals surface area contributed by atoms with Gasteiger partial charge in [0.15, 0.2) is 5.96 Å². The van der Waals surface area contributed by atoms with E-state index in [1.54, 1.807) is 36.7 Å². The first-order valence-corrected chi connectivity index (χ1v) is 9.07. The molecule has 0 aliphatic carbocycles. The van der Waals surface area contributed by atoms with Crippen LogP contribution in [-0.4, -0.2) is 36.6 Å². The van der Waals surface area contributed by atoms with E-state index in [9.17, 15) is 9.18 Å². The number of carbonyl (C=O) groups excluding carboxylic acids is 1. The third-order valence-corrected chi connectivity index (χ3v) is 4.86. The van der Waals surface area contributed by atoms with Gasteiger partial charge in [0.05, 0.1) is 11.6 Å². The van der Waals surface area contributed by atoms with Crippen molar-refractivity contribution in [3.8, 4) is 0 Å². The number of aliphatic imine (C=N–C) groups is 1. The second-order valence-corrected chi connectivity index (χ2v) is 6.67. The summed E-state index contributed by atoms with van der Waals surface area (Å²) < 4.78 is 15.3. The maximum Gasteiger partial charge on any atom is 0.251 e. The van der Waals surface area contributed by atoms with Gasteiger partial charge in [-0.1, -0.05) is 29.3 Å². The molecule has 0 unspecified atom stereocenters. The molecule has 0 saturated carbocycles. The molecule has 0 fully saturated rings. The summed E-state index contributed by atoms with van der Waals surface area (Å²) in [4.78, 5) is 16.1. The fourth-order valence-electron chi connectivity index (χ4n) is 2.35. The van der Waals surface area contributed by atoms with Crippen molar-refractivity contribution in [1.82, 2.24) is 20.5 Å². The summed E-state index contributed by atoms with van der Waals surface area (Å²) in [7, 11) is 3.47. The van der Waals surface area contributed by atoms with E-state index in [2.05, 4.69) is 20.9 Å². The molecule has 6 nitrogen and oxygen atoms in total. The molecular formula is C18H23Cl2FIN5O. The van der Waals surface area contributed by atoms with Crippen LogP contribution < -0.4 is 16.0 Å². The Balaban J connectivity index is 0.00000392. The van der Waals surface area contributed by atoms with E-state index in [0.717, 1.165) is 5.69 Å². The van der Waals surface area contributed by atoms with Crippen molar-refractivity contribution in [1.29, 1.82) is 0 Å². The van der Waals surface area contributed by atoms with Gasteiger partial charge in [-0.05, 0) is 30.7 Å². The molecule has 0 bridgehead atoms. The molecule has 0 spiro atoms. The average molecular weight is 542 g/mol. The summed E-state index contributed by atoms with van der Waals surface area (Å²) in [5, 5.41) is 9.92. The summed E-state index contributed by atoms with van der Waals surface area (Å²) in [6.45, 7) is 2.94. The number of aromatic nitrogens is 1. The monoisotopic (exact) mass is 541 g/mol. The number of hydrogen-bond acceptors (Lipinski definition) is 2. The topological polar surface area (TPSA) is 70.4 Å². The Labute approximate surface area is 190 Å². The van der Waals surface area contributed by atoms with Gasteiger partial charge < -0.3 is 20.5 Å². The van der Waals surface area contributed by atoms with E-state index in [4.69, 9.17) is 23.2 Å². The molecule has 0 saturated heterocycles. The number of rotatable bonds is 6. The summed E-state index contributed by atoms with van der Waals surface area (Å²) in [5.74, 6) is -0.155. The highest BCUT2D eigenvalue weighted by Gasteiger charge is 2.10. The van der Waals surface area contributed by atoms with Crippen LogP contribution in [0.2, 0.25) is 10.2 Å². The minimum absolute atomic E-state index is 0. The van der Waals surface area contributed by atoms with Crippen LogP contribution in [0.25, 0.3) is 0 Å². The molecule has 154 valence electrons. The van der Waals surface area contributed by atoms with Crippen molar-refractivity contribution in [2.45, 2.75) is 13.5 Å². The summed E-state index contributed by atoms with van der Waals surface area (Å²) in [6.07, 6.45) is 0. The zero-order valence-electron chi connectivity index (χ0n) is 15.8. The Kier molecular flexibility index (Phi) is 10.0. The van der Waals surface area contributed by atoms with E-state index in [-0.39, 0.29) is 35.4 Å². The van der Waals surface area contributed by atoms with Gasteiger partial charge in [-0.25, -0.2) is 4.39 Å². The molecule has 3 N–H and O–H groups in total. The molecule has 1 heterocycles. The first kappa shape index (κ1) is 24.5. The summed E-state index contributed by atoms with van der Waals surface area (Å²) in [6, 6.07) is 6.19. The summed E-state index contributed by atoms with van der Waals surface area (Å²) >= 11 is 12.0. The number of amides is 1. The highest BCUT2D eigenvalue weighted by Crippen LogP contribution is 2.24. The largest absolute Gasteiger partial charge is 0.355 e. The zero-order chi connectivity index (χ0) is 20.0. The lowest BCUT2D eigenvalue weighted by atomic mass is 10.1. The van der Waals surface area contributed by atoms with Crippen molar-refractivity contribution in [3.05, 3.63) is 57.1 Å². The molecule has 1 aromatic carbocycles. The first-order valence-electron chi connectivity index (χ1n) is 8.32. The first-order chi connectivity index (χ1) is 12.8. The highest BCUT2D eigenvalue weighted by atomic mass is 127. The van der Waals surface area contributed by atoms with Gasteiger partial charge in [-0.2, -0.15) is 0 Å². The molecule has 0 aliphatic rings. The number of aryl methyl sites for hydroxylation is 1. The van der Waals surface area contributed by atoms with Crippen molar-refractivity contribution >= 4 is 59.0 Å². The molecule has 1 amide bonds. The maximum atomic E-state index is 13.5. The normalized spacial score (nSPS) is 11.0. The highest BCUT2D eigenvalue weighted by molar-refractivity contribution is 14.0. The molecule has 0 aliphatic heterocycles. The number of carbonyl (C=O) groups is 1. The Hall–Kier alpha value is -1.52.